The van der Waals surface area contributed by atoms with Crippen LogP contribution in [0.4, 0.5) is 0 Å². The van der Waals surface area contributed by atoms with Gasteiger partial charge in [-0.2, -0.15) is 0 Å². The quantitative estimate of drug-likeness (QED) is 0.481. The number of primary amides is 1. The SMILES string of the molecule is CCN(CC(N)=O)C1CNCC1O. The van der Waals surface area contributed by atoms with E-state index in [4.69, 9.17) is 5.73 Å². The Kier molecular flexibility index (Phi) is 3.65. The third kappa shape index (κ3) is 2.65. The molecule has 0 aromatic rings. The number of hydrogen-bond donors (Lipinski definition) is 3. The summed E-state index contributed by atoms with van der Waals surface area (Å²) in [5.74, 6) is -0.346. The highest BCUT2D eigenvalue weighted by molar-refractivity contribution is 5.75. The standard InChI is InChI=1S/C8H17N3O2/c1-2-11(5-8(9)13)6-3-10-4-7(6)12/h6-7,10,12H,2-5H2,1H3,(H2,9,13). The van der Waals surface area contributed by atoms with Crippen LogP contribution in [-0.4, -0.2) is 54.2 Å². The average Bonchev–Trinajstić information content (AvgIpc) is 2.47. The summed E-state index contributed by atoms with van der Waals surface area (Å²) in [5, 5.41) is 12.6. The first-order valence-corrected chi connectivity index (χ1v) is 4.56. The molecule has 5 nitrogen and oxygen atoms in total. The van der Waals surface area contributed by atoms with Gasteiger partial charge in [-0.3, -0.25) is 9.69 Å². The molecule has 1 aliphatic heterocycles. The minimum absolute atomic E-state index is 0.0255. The molecule has 2 unspecified atom stereocenters. The van der Waals surface area contributed by atoms with E-state index in [1.807, 2.05) is 11.8 Å². The fraction of sp³-hybridized carbons (Fsp3) is 0.875. The Hall–Kier alpha value is -0.650. The first-order valence-electron chi connectivity index (χ1n) is 4.56. The summed E-state index contributed by atoms with van der Waals surface area (Å²) in [4.78, 5) is 12.6. The van der Waals surface area contributed by atoms with Gasteiger partial charge in [-0.15, -0.1) is 0 Å². The molecule has 0 spiro atoms. The third-order valence-electron chi connectivity index (χ3n) is 2.39. The molecule has 1 amide bonds. The van der Waals surface area contributed by atoms with Crippen molar-refractivity contribution >= 4 is 5.91 Å². The normalized spacial score (nSPS) is 28.2. The molecule has 1 fully saturated rings. The largest absolute Gasteiger partial charge is 0.390 e. The van der Waals surface area contributed by atoms with Crippen molar-refractivity contribution in [3.05, 3.63) is 0 Å². The average molecular weight is 187 g/mol. The third-order valence-corrected chi connectivity index (χ3v) is 2.39. The summed E-state index contributed by atoms with van der Waals surface area (Å²) < 4.78 is 0. The Bertz CT molecular complexity index is 186. The molecule has 76 valence electrons. The molecule has 0 aliphatic carbocycles. The van der Waals surface area contributed by atoms with E-state index in [1.165, 1.54) is 0 Å². The van der Waals surface area contributed by atoms with Crippen molar-refractivity contribution in [3.8, 4) is 0 Å². The summed E-state index contributed by atoms with van der Waals surface area (Å²) in [6.07, 6.45) is -0.390. The number of carbonyl (C=O) groups is 1. The molecule has 1 aliphatic rings. The van der Waals surface area contributed by atoms with Crippen LogP contribution in [0, 0.1) is 0 Å². The van der Waals surface area contributed by atoms with Gasteiger partial charge in [-0.05, 0) is 6.54 Å². The van der Waals surface area contributed by atoms with E-state index in [1.54, 1.807) is 0 Å². The lowest BCUT2D eigenvalue weighted by molar-refractivity contribution is -0.119. The van der Waals surface area contributed by atoms with Crippen LogP contribution in [0.3, 0.4) is 0 Å². The summed E-state index contributed by atoms with van der Waals surface area (Å²) >= 11 is 0. The van der Waals surface area contributed by atoms with E-state index in [9.17, 15) is 9.90 Å². The van der Waals surface area contributed by atoms with Gasteiger partial charge in [0.05, 0.1) is 12.6 Å². The number of carbonyl (C=O) groups excluding carboxylic acids is 1. The minimum atomic E-state index is -0.390. The number of likely N-dealkylation sites (N-methyl/N-ethyl adjacent to an activating group) is 1. The molecule has 1 rings (SSSR count). The number of β-amino-alcohol motifs (C(OH)–C–C–N with tert-alkyl or cyclic N) is 1. The number of hydrogen-bond acceptors (Lipinski definition) is 4. The minimum Gasteiger partial charge on any atom is -0.390 e. The van der Waals surface area contributed by atoms with Crippen molar-refractivity contribution in [2.24, 2.45) is 5.73 Å². The van der Waals surface area contributed by atoms with Gasteiger partial charge in [0.2, 0.25) is 5.91 Å². The number of nitrogens with two attached hydrogens (primary N) is 1. The van der Waals surface area contributed by atoms with Crippen LogP contribution in [0.15, 0.2) is 0 Å². The maximum absolute atomic E-state index is 10.7. The predicted molar refractivity (Wildman–Crippen MR) is 49.1 cm³/mol. The van der Waals surface area contributed by atoms with Gasteiger partial charge in [0.25, 0.3) is 0 Å². The molecular formula is C8H17N3O2. The number of amides is 1. The Balaban J connectivity index is 2.49. The highest BCUT2D eigenvalue weighted by Gasteiger charge is 2.30. The van der Waals surface area contributed by atoms with Crippen LogP contribution in [0.1, 0.15) is 6.92 Å². The summed E-state index contributed by atoms with van der Waals surface area (Å²) in [5.41, 5.74) is 5.10. The van der Waals surface area contributed by atoms with Gasteiger partial charge in [-0.1, -0.05) is 6.92 Å². The smallest absolute Gasteiger partial charge is 0.231 e. The lowest BCUT2D eigenvalue weighted by atomic mass is 10.2. The van der Waals surface area contributed by atoms with Crippen molar-refractivity contribution in [2.45, 2.75) is 19.1 Å². The van der Waals surface area contributed by atoms with E-state index < -0.39 is 0 Å². The zero-order valence-corrected chi connectivity index (χ0v) is 7.86. The van der Waals surface area contributed by atoms with E-state index >= 15 is 0 Å². The Morgan fingerprint density at radius 1 is 1.69 bits per heavy atom. The van der Waals surface area contributed by atoms with Crippen LogP contribution in [0.25, 0.3) is 0 Å². The molecule has 0 aromatic heterocycles. The van der Waals surface area contributed by atoms with E-state index in [0.717, 1.165) is 13.1 Å². The second-order valence-electron chi connectivity index (χ2n) is 3.32. The van der Waals surface area contributed by atoms with Gasteiger partial charge in [0, 0.05) is 19.1 Å². The molecule has 4 N–H and O–H groups in total. The Morgan fingerprint density at radius 2 is 2.38 bits per heavy atom. The molecule has 2 atom stereocenters. The molecular weight excluding hydrogens is 170 g/mol. The van der Waals surface area contributed by atoms with Crippen molar-refractivity contribution in [3.63, 3.8) is 0 Å². The van der Waals surface area contributed by atoms with Gasteiger partial charge in [0.1, 0.15) is 0 Å². The van der Waals surface area contributed by atoms with Gasteiger partial charge in [-0.25, -0.2) is 0 Å². The highest BCUT2D eigenvalue weighted by Crippen LogP contribution is 2.08. The van der Waals surface area contributed by atoms with Gasteiger partial charge >= 0.3 is 0 Å². The maximum atomic E-state index is 10.7. The van der Waals surface area contributed by atoms with Crippen LogP contribution in [0.2, 0.25) is 0 Å². The monoisotopic (exact) mass is 187 g/mol. The Labute approximate surface area is 77.9 Å². The molecule has 1 saturated heterocycles. The van der Waals surface area contributed by atoms with Crippen LogP contribution in [-0.2, 0) is 4.79 Å². The predicted octanol–water partition coefficient (Wildman–Crippen LogP) is -1.87. The van der Waals surface area contributed by atoms with Crippen molar-refractivity contribution in [1.29, 1.82) is 0 Å². The fourth-order valence-corrected chi connectivity index (χ4v) is 1.69. The second kappa shape index (κ2) is 4.55. The number of aliphatic hydroxyl groups is 1. The Morgan fingerprint density at radius 3 is 2.77 bits per heavy atom. The molecule has 0 saturated carbocycles. The molecule has 5 heteroatoms. The lowest BCUT2D eigenvalue weighted by Crippen LogP contribution is -2.46. The number of nitrogens with one attached hydrogen (secondary N) is 1. The second-order valence-corrected chi connectivity index (χ2v) is 3.32. The topological polar surface area (TPSA) is 78.6 Å². The van der Waals surface area contributed by atoms with Gasteiger partial charge < -0.3 is 16.2 Å². The first-order chi connectivity index (χ1) is 6.15. The van der Waals surface area contributed by atoms with E-state index in [2.05, 4.69) is 5.32 Å². The maximum Gasteiger partial charge on any atom is 0.231 e. The molecule has 0 bridgehead atoms. The summed E-state index contributed by atoms with van der Waals surface area (Å²) in [7, 11) is 0. The number of aliphatic hydroxyl groups excluding tert-OH is 1. The van der Waals surface area contributed by atoms with Gasteiger partial charge in [0.15, 0.2) is 0 Å². The van der Waals surface area contributed by atoms with Crippen LogP contribution >= 0.6 is 0 Å². The summed E-state index contributed by atoms with van der Waals surface area (Å²) in [6.45, 7) is 4.22. The molecule has 13 heavy (non-hydrogen) atoms. The number of nitrogens with zero attached hydrogens (tertiary/aromatic N) is 1. The molecule has 0 aromatic carbocycles. The van der Waals surface area contributed by atoms with Crippen LogP contribution in [0.5, 0.6) is 0 Å². The summed E-state index contributed by atoms with van der Waals surface area (Å²) in [6, 6.07) is 0.0255. The highest BCUT2D eigenvalue weighted by atomic mass is 16.3. The lowest BCUT2D eigenvalue weighted by Gasteiger charge is -2.27. The zero-order valence-electron chi connectivity index (χ0n) is 7.86. The zero-order chi connectivity index (χ0) is 9.84. The first kappa shape index (κ1) is 10.4. The van der Waals surface area contributed by atoms with Crippen LogP contribution < -0.4 is 11.1 Å². The molecule has 1 heterocycles. The van der Waals surface area contributed by atoms with Crippen molar-refractivity contribution < 1.29 is 9.90 Å². The van der Waals surface area contributed by atoms with E-state index in [-0.39, 0.29) is 24.6 Å². The number of rotatable bonds is 4. The van der Waals surface area contributed by atoms with Crippen molar-refractivity contribution in [1.82, 2.24) is 10.2 Å². The van der Waals surface area contributed by atoms with Crippen molar-refractivity contribution in [2.75, 3.05) is 26.2 Å². The van der Waals surface area contributed by atoms with E-state index in [0.29, 0.717) is 6.54 Å². The molecule has 0 radical (unpaired) electrons. The fourth-order valence-electron chi connectivity index (χ4n) is 1.69.